The van der Waals surface area contributed by atoms with E-state index in [4.69, 9.17) is 4.74 Å². The van der Waals surface area contributed by atoms with Crippen molar-refractivity contribution in [1.29, 1.82) is 0 Å². The second-order valence-corrected chi connectivity index (χ2v) is 5.54. The average molecular weight is 261 g/mol. The van der Waals surface area contributed by atoms with Crippen LogP contribution in [0.5, 0.6) is 5.75 Å². The van der Waals surface area contributed by atoms with Crippen molar-refractivity contribution in [3.63, 3.8) is 0 Å². The lowest BCUT2D eigenvalue weighted by atomic mass is 9.87. The van der Waals surface area contributed by atoms with Gasteiger partial charge in [0.25, 0.3) is 5.91 Å². The molecule has 0 spiro atoms. The van der Waals surface area contributed by atoms with E-state index >= 15 is 0 Å². The van der Waals surface area contributed by atoms with Gasteiger partial charge in [-0.05, 0) is 50.7 Å². The third kappa shape index (κ3) is 4.27. The fraction of sp³-hybridized carbons (Fsp3) is 0.562. The first-order chi connectivity index (χ1) is 9.15. The van der Waals surface area contributed by atoms with E-state index in [1.165, 1.54) is 12.8 Å². The quantitative estimate of drug-likeness (QED) is 0.904. The maximum atomic E-state index is 12.1. The third-order valence-electron chi connectivity index (χ3n) is 3.79. The summed E-state index contributed by atoms with van der Waals surface area (Å²) in [4.78, 5) is 12.1. The monoisotopic (exact) mass is 261 g/mol. The Labute approximate surface area is 115 Å². The number of amides is 1. The second kappa shape index (κ2) is 6.60. The minimum Gasteiger partial charge on any atom is -0.481 e. The molecule has 1 aromatic carbocycles. The number of benzene rings is 1. The standard InChI is InChI=1S/C16H23NO2/c1-12-8-10-14(11-9-12)17-16(18)13(2)19-15-6-4-3-5-7-15/h3-7,12-14H,8-11H2,1-2H3,(H,17,18). The minimum absolute atomic E-state index is 0.0107. The van der Waals surface area contributed by atoms with Crippen LogP contribution in [-0.4, -0.2) is 18.1 Å². The van der Waals surface area contributed by atoms with Gasteiger partial charge >= 0.3 is 0 Å². The Kier molecular flexibility index (Phi) is 4.83. The molecule has 0 saturated heterocycles. The molecule has 1 N–H and O–H groups in total. The molecular weight excluding hydrogens is 238 g/mol. The lowest BCUT2D eigenvalue weighted by Gasteiger charge is -2.28. The van der Waals surface area contributed by atoms with E-state index < -0.39 is 6.10 Å². The Morgan fingerprint density at radius 1 is 1.21 bits per heavy atom. The van der Waals surface area contributed by atoms with Gasteiger partial charge in [0.2, 0.25) is 0 Å². The van der Waals surface area contributed by atoms with Gasteiger partial charge < -0.3 is 10.1 Å². The van der Waals surface area contributed by atoms with Crippen molar-refractivity contribution in [3.05, 3.63) is 30.3 Å². The van der Waals surface area contributed by atoms with E-state index in [-0.39, 0.29) is 5.91 Å². The van der Waals surface area contributed by atoms with Crippen LogP contribution in [0.3, 0.4) is 0 Å². The number of hydrogen-bond acceptors (Lipinski definition) is 2. The summed E-state index contributed by atoms with van der Waals surface area (Å²) in [5.41, 5.74) is 0. The highest BCUT2D eigenvalue weighted by Gasteiger charge is 2.22. The number of carbonyl (C=O) groups is 1. The van der Waals surface area contributed by atoms with Gasteiger partial charge in [0.15, 0.2) is 6.10 Å². The van der Waals surface area contributed by atoms with Gasteiger partial charge in [0.05, 0.1) is 0 Å². The van der Waals surface area contributed by atoms with Crippen molar-refractivity contribution < 1.29 is 9.53 Å². The number of hydrogen-bond donors (Lipinski definition) is 1. The Balaban J connectivity index is 1.79. The topological polar surface area (TPSA) is 38.3 Å². The number of para-hydroxylation sites is 1. The summed E-state index contributed by atoms with van der Waals surface area (Å²) >= 11 is 0. The molecule has 0 aromatic heterocycles. The van der Waals surface area contributed by atoms with Crippen LogP contribution in [0.2, 0.25) is 0 Å². The Bertz CT molecular complexity index is 396. The zero-order chi connectivity index (χ0) is 13.7. The summed E-state index contributed by atoms with van der Waals surface area (Å²) in [5.74, 6) is 1.52. The summed E-state index contributed by atoms with van der Waals surface area (Å²) in [6.07, 6.45) is 4.15. The van der Waals surface area contributed by atoms with E-state index in [9.17, 15) is 4.79 Å². The third-order valence-corrected chi connectivity index (χ3v) is 3.79. The molecule has 1 atom stereocenters. The summed E-state index contributed by atoms with van der Waals surface area (Å²) in [6, 6.07) is 9.80. The van der Waals surface area contributed by atoms with Crippen LogP contribution in [0.25, 0.3) is 0 Å². The highest BCUT2D eigenvalue weighted by Crippen LogP contribution is 2.23. The van der Waals surface area contributed by atoms with E-state index in [0.29, 0.717) is 6.04 Å². The van der Waals surface area contributed by atoms with Crippen LogP contribution >= 0.6 is 0 Å². The minimum atomic E-state index is -0.443. The Morgan fingerprint density at radius 3 is 2.47 bits per heavy atom. The van der Waals surface area contributed by atoms with Crippen molar-refractivity contribution in [1.82, 2.24) is 5.32 Å². The van der Waals surface area contributed by atoms with Crippen molar-refractivity contribution in [2.75, 3.05) is 0 Å². The predicted octanol–water partition coefficient (Wildman–Crippen LogP) is 3.15. The summed E-state index contributed by atoms with van der Waals surface area (Å²) in [5, 5.41) is 3.10. The SMILES string of the molecule is CC1CCC(NC(=O)C(C)Oc2ccccc2)CC1. The highest BCUT2D eigenvalue weighted by molar-refractivity contribution is 5.81. The number of rotatable bonds is 4. The zero-order valence-corrected chi connectivity index (χ0v) is 11.8. The van der Waals surface area contributed by atoms with Gasteiger partial charge in [-0.3, -0.25) is 4.79 Å². The van der Waals surface area contributed by atoms with Gasteiger partial charge in [-0.1, -0.05) is 25.1 Å². The van der Waals surface area contributed by atoms with Crippen LogP contribution in [0, 0.1) is 5.92 Å². The smallest absolute Gasteiger partial charge is 0.260 e. The second-order valence-electron chi connectivity index (χ2n) is 5.54. The molecule has 1 aliphatic rings. The molecule has 1 fully saturated rings. The predicted molar refractivity (Wildman–Crippen MR) is 76.1 cm³/mol. The fourth-order valence-corrected chi connectivity index (χ4v) is 2.48. The molecule has 0 radical (unpaired) electrons. The molecule has 104 valence electrons. The van der Waals surface area contributed by atoms with Crippen molar-refractivity contribution in [2.24, 2.45) is 5.92 Å². The molecule has 0 heterocycles. The van der Waals surface area contributed by atoms with Crippen LogP contribution in [-0.2, 0) is 4.79 Å². The van der Waals surface area contributed by atoms with E-state index in [1.807, 2.05) is 30.3 Å². The Morgan fingerprint density at radius 2 is 1.84 bits per heavy atom. The summed E-state index contributed by atoms with van der Waals surface area (Å²) < 4.78 is 5.63. The first-order valence-electron chi connectivity index (χ1n) is 7.17. The van der Waals surface area contributed by atoms with Gasteiger partial charge in [-0.2, -0.15) is 0 Å². The van der Waals surface area contributed by atoms with Crippen LogP contribution in [0.1, 0.15) is 39.5 Å². The lowest BCUT2D eigenvalue weighted by molar-refractivity contribution is -0.128. The van der Waals surface area contributed by atoms with Crippen LogP contribution in [0.15, 0.2) is 30.3 Å². The Hall–Kier alpha value is -1.51. The summed E-state index contributed by atoms with van der Waals surface area (Å²) in [6.45, 7) is 4.08. The molecule has 0 aliphatic heterocycles. The van der Waals surface area contributed by atoms with Gasteiger partial charge in [-0.25, -0.2) is 0 Å². The van der Waals surface area contributed by atoms with Gasteiger partial charge in [-0.15, -0.1) is 0 Å². The molecular formula is C16H23NO2. The van der Waals surface area contributed by atoms with Crippen molar-refractivity contribution in [3.8, 4) is 5.75 Å². The van der Waals surface area contributed by atoms with E-state index in [0.717, 1.165) is 24.5 Å². The number of nitrogens with one attached hydrogen (secondary N) is 1. The maximum Gasteiger partial charge on any atom is 0.260 e. The number of ether oxygens (including phenoxy) is 1. The van der Waals surface area contributed by atoms with Gasteiger partial charge in [0.1, 0.15) is 5.75 Å². The molecule has 1 unspecified atom stereocenters. The first kappa shape index (κ1) is 13.9. The molecule has 3 nitrogen and oxygen atoms in total. The van der Waals surface area contributed by atoms with Crippen LogP contribution < -0.4 is 10.1 Å². The van der Waals surface area contributed by atoms with Crippen LogP contribution in [0.4, 0.5) is 0 Å². The lowest BCUT2D eigenvalue weighted by Crippen LogP contribution is -2.43. The molecule has 1 aliphatic carbocycles. The molecule has 1 amide bonds. The molecule has 2 rings (SSSR count). The summed E-state index contributed by atoms with van der Waals surface area (Å²) in [7, 11) is 0. The van der Waals surface area contributed by atoms with Crippen molar-refractivity contribution in [2.45, 2.75) is 51.7 Å². The highest BCUT2D eigenvalue weighted by atomic mass is 16.5. The maximum absolute atomic E-state index is 12.1. The fourth-order valence-electron chi connectivity index (χ4n) is 2.48. The van der Waals surface area contributed by atoms with E-state index in [2.05, 4.69) is 12.2 Å². The first-order valence-corrected chi connectivity index (χ1v) is 7.17. The zero-order valence-electron chi connectivity index (χ0n) is 11.8. The molecule has 0 bridgehead atoms. The molecule has 1 saturated carbocycles. The largest absolute Gasteiger partial charge is 0.481 e. The molecule has 19 heavy (non-hydrogen) atoms. The number of carbonyl (C=O) groups excluding carboxylic acids is 1. The van der Waals surface area contributed by atoms with Gasteiger partial charge in [0, 0.05) is 6.04 Å². The van der Waals surface area contributed by atoms with Crippen molar-refractivity contribution >= 4 is 5.91 Å². The molecule has 3 heteroatoms. The average Bonchev–Trinajstić information content (AvgIpc) is 2.42. The van der Waals surface area contributed by atoms with E-state index in [1.54, 1.807) is 6.92 Å². The molecule has 1 aromatic rings. The normalized spacial score (nSPS) is 24.5.